The molecule has 0 atom stereocenters. The van der Waals surface area contributed by atoms with Crippen LogP contribution in [0.3, 0.4) is 0 Å². The fourth-order valence-electron chi connectivity index (χ4n) is 2.76. The van der Waals surface area contributed by atoms with Gasteiger partial charge in [0.2, 0.25) is 15.9 Å². The summed E-state index contributed by atoms with van der Waals surface area (Å²) in [5, 5.41) is 2.62. The number of sulfonamides is 1. The van der Waals surface area contributed by atoms with E-state index in [9.17, 15) is 17.6 Å². The molecule has 1 aliphatic rings. The number of carbonyl (C=O) groups excluding carboxylic acids is 1. The van der Waals surface area contributed by atoms with Gasteiger partial charge in [0.15, 0.2) is 0 Å². The lowest BCUT2D eigenvalue weighted by atomic mass is 10.2. The fraction of sp³-hybridized carbons (Fsp3) is 0.250. The summed E-state index contributed by atoms with van der Waals surface area (Å²) in [5.41, 5.74) is 1.83. The zero-order chi connectivity index (χ0) is 20.1. The number of carbonyl (C=O) groups is 1. The fourth-order valence-corrected chi connectivity index (χ4v) is 4.17. The molecule has 1 N–H and O–H groups in total. The van der Waals surface area contributed by atoms with Crippen molar-refractivity contribution in [2.75, 3.05) is 31.6 Å². The maximum atomic E-state index is 13.3. The maximum absolute atomic E-state index is 13.3. The second kappa shape index (κ2) is 8.64. The predicted molar refractivity (Wildman–Crippen MR) is 105 cm³/mol. The number of hydrogen-bond donors (Lipinski definition) is 1. The summed E-state index contributed by atoms with van der Waals surface area (Å²) in [6, 6.07) is 10.5. The lowest BCUT2D eigenvalue weighted by Gasteiger charge is -2.26. The average molecular weight is 404 g/mol. The van der Waals surface area contributed by atoms with Gasteiger partial charge in [-0.25, -0.2) is 12.8 Å². The summed E-state index contributed by atoms with van der Waals surface area (Å²) < 4.78 is 45.0. The molecule has 2 aromatic rings. The van der Waals surface area contributed by atoms with Gasteiger partial charge in [-0.2, -0.15) is 4.31 Å². The van der Waals surface area contributed by atoms with E-state index >= 15 is 0 Å². The third-order valence-electron chi connectivity index (χ3n) is 4.37. The molecular formula is C20H21FN2O4S. The zero-order valence-corrected chi connectivity index (χ0v) is 16.2. The molecule has 1 aliphatic heterocycles. The summed E-state index contributed by atoms with van der Waals surface area (Å²) in [7, 11) is -3.55. The molecule has 6 nitrogen and oxygen atoms in total. The number of aryl methyl sites for hydroxylation is 1. The predicted octanol–water partition coefficient (Wildman–Crippen LogP) is 2.81. The topological polar surface area (TPSA) is 75.7 Å². The molecule has 2 aromatic carbocycles. The van der Waals surface area contributed by atoms with E-state index in [-0.39, 0.29) is 4.90 Å². The molecular weight excluding hydrogens is 383 g/mol. The van der Waals surface area contributed by atoms with E-state index in [0.29, 0.717) is 37.6 Å². The van der Waals surface area contributed by atoms with E-state index in [1.54, 1.807) is 31.2 Å². The molecule has 1 fully saturated rings. The Bertz CT molecular complexity index is 982. The van der Waals surface area contributed by atoms with Crippen molar-refractivity contribution in [2.24, 2.45) is 0 Å². The number of morpholine rings is 1. The van der Waals surface area contributed by atoms with Gasteiger partial charge in [0, 0.05) is 24.9 Å². The van der Waals surface area contributed by atoms with Crippen molar-refractivity contribution >= 4 is 27.7 Å². The lowest BCUT2D eigenvalue weighted by molar-refractivity contribution is -0.111. The van der Waals surface area contributed by atoms with Gasteiger partial charge in [-0.3, -0.25) is 4.79 Å². The van der Waals surface area contributed by atoms with Crippen molar-refractivity contribution < 1.29 is 22.3 Å². The van der Waals surface area contributed by atoms with E-state index in [4.69, 9.17) is 4.74 Å². The minimum atomic E-state index is -3.55. The molecule has 1 saturated heterocycles. The van der Waals surface area contributed by atoms with Crippen LogP contribution in [0.5, 0.6) is 0 Å². The van der Waals surface area contributed by atoms with Crippen molar-refractivity contribution in [1.29, 1.82) is 0 Å². The third kappa shape index (κ3) is 4.83. The monoisotopic (exact) mass is 404 g/mol. The van der Waals surface area contributed by atoms with Crippen LogP contribution < -0.4 is 5.32 Å². The van der Waals surface area contributed by atoms with Crippen molar-refractivity contribution in [3.05, 3.63) is 65.5 Å². The second-order valence-corrected chi connectivity index (χ2v) is 8.31. The molecule has 0 aromatic heterocycles. The van der Waals surface area contributed by atoms with Crippen LogP contribution >= 0.6 is 0 Å². The van der Waals surface area contributed by atoms with Crippen LogP contribution in [-0.4, -0.2) is 44.9 Å². The highest BCUT2D eigenvalue weighted by molar-refractivity contribution is 7.89. The maximum Gasteiger partial charge on any atom is 0.248 e. The van der Waals surface area contributed by atoms with E-state index in [2.05, 4.69) is 5.32 Å². The zero-order valence-electron chi connectivity index (χ0n) is 15.4. The van der Waals surface area contributed by atoms with Crippen molar-refractivity contribution in [3.63, 3.8) is 0 Å². The Morgan fingerprint density at radius 1 is 1.14 bits per heavy atom. The first-order valence-corrected chi connectivity index (χ1v) is 10.2. The third-order valence-corrected chi connectivity index (χ3v) is 6.29. The van der Waals surface area contributed by atoms with Gasteiger partial charge >= 0.3 is 0 Å². The summed E-state index contributed by atoms with van der Waals surface area (Å²) in [4.78, 5) is 12.2. The van der Waals surface area contributed by atoms with Crippen LogP contribution in [0.1, 0.15) is 11.1 Å². The van der Waals surface area contributed by atoms with E-state index in [0.717, 1.165) is 5.56 Å². The Hall–Kier alpha value is -2.55. The Labute approximate surface area is 163 Å². The van der Waals surface area contributed by atoms with Crippen molar-refractivity contribution in [1.82, 2.24) is 4.31 Å². The standard InChI is InChI=1S/C20H21FN2O4S/c1-15-2-6-17(21)14-19(15)22-20(24)9-5-16-3-7-18(8-4-16)28(25,26)23-10-12-27-13-11-23/h2-9,14H,10-13H2,1H3,(H,22,24)/b9-5+. The second-order valence-electron chi connectivity index (χ2n) is 6.37. The molecule has 0 bridgehead atoms. The van der Waals surface area contributed by atoms with Gasteiger partial charge in [-0.15, -0.1) is 0 Å². The number of benzene rings is 2. The lowest BCUT2D eigenvalue weighted by Crippen LogP contribution is -2.40. The molecule has 0 unspecified atom stereocenters. The Morgan fingerprint density at radius 3 is 2.50 bits per heavy atom. The highest BCUT2D eigenvalue weighted by atomic mass is 32.2. The normalized spacial score (nSPS) is 15.6. The smallest absolute Gasteiger partial charge is 0.248 e. The molecule has 148 valence electrons. The number of amides is 1. The summed E-state index contributed by atoms with van der Waals surface area (Å²) in [6.07, 6.45) is 2.88. The highest BCUT2D eigenvalue weighted by Gasteiger charge is 2.25. The van der Waals surface area contributed by atoms with Gasteiger partial charge in [-0.1, -0.05) is 18.2 Å². The summed E-state index contributed by atoms with van der Waals surface area (Å²) in [5.74, 6) is -0.833. The first kappa shape index (κ1) is 20.2. The van der Waals surface area contributed by atoms with Crippen molar-refractivity contribution in [2.45, 2.75) is 11.8 Å². The molecule has 0 aliphatic carbocycles. The minimum absolute atomic E-state index is 0.200. The number of halogens is 1. The Kier molecular flexibility index (Phi) is 6.23. The highest BCUT2D eigenvalue weighted by Crippen LogP contribution is 2.19. The number of nitrogens with one attached hydrogen (secondary N) is 1. The van der Waals surface area contributed by atoms with Crippen LogP contribution in [0.4, 0.5) is 10.1 Å². The van der Waals surface area contributed by atoms with E-state index < -0.39 is 21.7 Å². The quantitative estimate of drug-likeness (QED) is 0.778. The molecule has 1 heterocycles. The molecule has 1 amide bonds. The number of ether oxygens (including phenoxy) is 1. The number of rotatable bonds is 5. The largest absolute Gasteiger partial charge is 0.379 e. The van der Waals surface area contributed by atoms with Crippen molar-refractivity contribution in [3.8, 4) is 0 Å². The van der Waals surface area contributed by atoms with E-state index in [1.807, 2.05) is 0 Å². The van der Waals surface area contributed by atoms with Crippen LogP contribution in [0.2, 0.25) is 0 Å². The van der Waals surface area contributed by atoms with Crippen LogP contribution in [-0.2, 0) is 19.6 Å². The molecule has 0 saturated carbocycles. The molecule has 8 heteroatoms. The Morgan fingerprint density at radius 2 is 1.82 bits per heavy atom. The first-order valence-electron chi connectivity index (χ1n) is 8.79. The van der Waals surface area contributed by atoms with Gasteiger partial charge in [-0.05, 0) is 48.4 Å². The summed E-state index contributed by atoms with van der Waals surface area (Å²) >= 11 is 0. The minimum Gasteiger partial charge on any atom is -0.379 e. The number of anilines is 1. The number of nitrogens with zero attached hydrogens (tertiary/aromatic N) is 1. The molecule has 0 radical (unpaired) electrons. The number of hydrogen-bond acceptors (Lipinski definition) is 4. The van der Waals surface area contributed by atoms with Gasteiger partial charge < -0.3 is 10.1 Å². The van der Waals surface area contributed by atoms with Crippen LogP contribution in [0.25, 0.3) is 6.08 Å². The van der Waals surface area contributed by atoms with Crippen LogP contribution in [0, 0.1) is 12.7 Å². The summed E-state index contributed by atoms with van der Waals surface area (Å²) in [6.45, 7) is 3.22. The van der Waals surface area contributed by atoms with Crippen LogP contribution in [0.15, 0.2) is 53.4 Å². The SMILES string of the molecule is Cc1ccc(F)cc1NC(=O)/C=C/c1ccc(S(=O)(=O)N2CCOCC2)cc1. The van der Waals surface area contributed by atoms with Gasteiger partial charge in [0.1, 0.15) is 5.82 Å². The molecule has 28 heavy (non-hydrogen) atoms. The molecule has 0 spiro atoms. The van der Waals surface area contributed by atoms with Gasteiger partial charge in [0.25, 0.3) is 0 Å². The molecule has 3 rings (SSSR count). The average Bonchev–Trinajstić information content (AvgIpc) is 2.70. The first-order chi connectivity index (χ1) is 13.4. The van der Waals surface area contributed by atoms with Gasteiger partial charge in [0.05, 0.1) is 18.1 Å². The Balaban J connectivity index is 1.66. The van der Waals surface area contributed by atoms with E-state index in [1.165, 1.54) is 34.6 Å².